The van der Waals surface area contributed by atoms with E-state index in [0.29, 0.717) is 71.1 Å². The lowest BCUT2D eigenvalue weighted by Crippen LogP contribution is -2.52. The van der Waals surface area contributed by atoms with Gasteiger partial charge < -0.3 is 60.5 Å². The van der Waals surface area contributed by atoms with Crippen LogP contribution in [0.4, 0.5) is 0 Å². The van der Waals surface area contributed by atoms with Crippen LogP contribution in [0.5, 0.6) is 11.5 Å². The summed E-state index contributed by atoms with van der Waals surface area (Å²) < 4.78 is 39.4. The molecule has 2 aromatic heterocycles. The van der Waals surface area contributed by atoms with E-state index < -0.39 is 97.8 Å². The van der Waals surface area contributed by atoms with Crippen molar-refractivity contribution in [3.05, 3.63) is 98.9 Å². The van der Waals surface area contributed by atoms with Crippen molar-refractivity contribution in [2.75, 3.05) is 39.7 Å². The Kier molecular flexibility index (Phi) is 15.2. The summed E-state index contributed by atoms with van der Waals surface area (Å²) in [5.74, 6) is -5.38. The van der Waals surface area contributed by atoms with Gasteiger partial charge in [0.2, 0.25) is 42.2 Å². The predicted octanol–water partition coefficient (Wildman–Crippen LogP) is -0.145. The molecule has 8 amide bonds. The van der Waals surface area contributed by atoms with Gasteiger partial charge >= 0.3 is 5.97 Å². The van der Waals surface area contributed by atoms with Gasteiger partial charge in [-0.3, -0.25) is 48.1 Å². The summed E-state index contributed by atoms with van der Waals surface area (Å²) in [5, 5.41) is 27.3. The molecule has 24 heteroatoms. The van der Waals surface area contributed by atoms with Crippen LogP contribution in [0.1, 0.15) is 82.4 Å². The van der Waals surface area contributed by atoms with Gasteiger partial charge in [0, 0.05) is 60.7 Å². The number of nitrogens with one attached hydrogen (secondary N) is 6. The van der Waals surface area contributed by atoms with Gasteiger partial charge in [0.1, 0.15) is 28.2 Å². The number of fused-ring (bicyclic) bond motifs is 6. The first-order chi connectivity index (χ1) is 37.8. The van der Waals surface area contributed by atoms with Crippen LogP contribution in [-0.4, -0.2) is 125 Å². The van der Waals surface area contributed by atoms with Gasteiger partial charge in [-0.05, 0) is 61.3 Å². The van der Waals surface area contributed by atoms with Crippen molar-refractivity contribution in [1.82, 2.24) is 46.4 Å². The number of esters is 1. The lowest BCUT2D eigenvalue weighted by atomic mass is 9.86. The number of nitrogens with zero attached hydrogens (tertiary/aromatic N) is 3. The number of benzene rings is 2. The van der Waals surface area contributed by atoms with E-state index in [2.05, 4.69) is 31.9 Å². The number of ether oxygens (including phenoxy) is 4. The molecule has 1 saturated carbocycles. The van der Waals surface area contributed by atoms with Crippen molar-refractivity contribution in [2.45, 2.75) is 95.7 Å². The summed E-state index contributed by atoms with van der Waals surface area (Å²) in [6.45, 7) is -3.01. The standard InChI is InChI=1S/C53H57N9O15/c1-2-53(73)35-19-38-47-33(25-62(38)51(71)34(35)26-74-52(53)72)32(31-18-39-40(77-28-76-39)20-36(31)60-47)21-56-50(70)48(30-12-13-30)75-27-58-43(65)23-57-49(69)37(17-29-9-5-3-6-10-29)59-44(66)24-55-42(64)22-54-41(63)11-7-4-8-16-61-45(67)14-15-46(61)68/h3,5-6,9-10,14-15,18-20,30,37,48,73H,2,4,7-8,11-13,16-17,21-28H2,1H3,(H,54,63)(H,55,64)(H,56,70)(H,57,69)(H,58,65)(H,59,66)/t37-,48-,53-/m0/s1/i28D2. The summed E-state index contributed by atoms with van der Waals surface area (Å²) in [6.07, 6.45) is 4.30. The number of rotatable bonds is 24. The highest BCUT2D eigenvalue weighted by Crippen LogP contribution is 2.43. The minimum atomic E-state index is -2.47. The Morgan fingerprint density at radius 3 is 2.26 bits per heavy atom. The van der Waals surface area contributed by atoms with Gasteiger partial charge in [0.05, 0.1) is 48.6 Å². The SMILES string of the molecule is [2H]C1([2H])Oc2cc3nc4c(c(CNC(=O)[C@@H](OCNC(=O)CNC(=O)[C@H](Cc5ccccc5)NC(=O)CNC(=O)CNC(=O)CCCCCN5C(=O)C=CC5=O)C5CC5)c3cc2O1)Cn1c-4cc2c(c1=O)COC(=O)[C@]2(O)CC. The molecule has 7 N–H and O–H groups in total. The fourth-order valence-corrected chi connectivity index (χ4v) is 9.50. The van der Waals surface area contributed by atoms with Crippen LogP contribution in [-0.2, 0) is 84.3 Å². The van der Waals surface area contributed by atoms with Crippen LogP contribution in [0, 0.1) is 5.92 Å². The molecule has 4 aromatic rings. The monoisotopic (exact) mass is 1060 g/mol. The molecule has 0 radical (unpaired) electrons. The largest absolute Gasteiger partial charge is 0.458 e. The maximum Gasteiger partial charge on any atom is 0.343 e. The molecule has 5 aliphatic rings. The van der Waals surface area contributed by atoms with Gasteiger partial charge in [-0.1, -0.05) is 43.7 Å². The highest BCUT2D eigenvalue weighted by Gasteiger charge is 2.46. The molecular weight excluding hydrogens is 1000 g/mol. The average Bonchev–Trinajstić information content (AvgIpc) is 4.16. The number of pyridine rings is 2. The Hall–Kier alpha value is -8.51. The Morgan fingerprint density at radius 2 is 1.52 bits per heavy atom. The number of aromatic nitrogens is 2. The second kappa shape index (κ2) is 23.2. The smallest absolute Gasteiger partial charge is 0.343 e. The maximum atomic E-state index is 14.0. The molecule has 0 spiro atoms. The van der Waals surface area contributed by atoms with Gasteiger partial charge in [-0.2, -0.15) is 0 Å². The van der Waals surface area contributed by atoms with E-state index in [-0.39, 0.29) is 85.9 Å². The number of hydrogen-bond donors (Lipinski definition) is 7. The molecule has 404 valence electrons. The zero-order chi connectivity index (χ0) is 56.2. The minimum Gasteiger partial charge on any atom is -0.458 e. The molecule has 6 heterocycles. The van der Waals surface area contributed by atoms with Crippen molar-refractivity contribution in [3.63, 3.8) is 0 Å². The zero-order valence-corrected chi connectivity index (χ0v) is 41.8. The molecule has 3 atom stereocenters. The predicted molar refractivity (Wildman–Crippen MR) is 269 cm³/mol. The molecule has 1 aliphatic carbocycles. The molecule has 4 aliphatic heterocycles. The van der Waals surface area contributed by atoms with Crippen molar-refractivity contribution in [2.24, 2.45) is 5.92 Å². The summed E-state index contributed by atoms with van der Waals surface area (Å²) >= 11 is 0. The normalized spacial score (nSPS) is 18.5. The van der Waals surface area contributed by atoms with E-state index >= 15 is 0 Å². The van der Waals surface area contributed by atoms with E-state index in [9.17, 15) is 53.1 Å². The number of carbonyl (C=O) groups is 9. The Balaban J connectivity index is 0.774. The van der Waals surface area contributed by atoms with Crippen molar-refractivity contribution in [3.8, 4) is 22.9 Å². The number of aliphatic hydroxyl groups is 1. The van der Waals surface area contributed by atoms with E-state index in [1.807, 2.05) is 0 Å². The number of imide groups is 1. The van der Waals surface area contributed by atoms with E-state index in [0.717, 1.165) is 4.90 Å². The summed E-state index contributed by atoms with van der Waals surface area (Å²) in [4.78, 5) is 134. The second-order valence-electron chi connectivity index (χ2n) is 19.1. The first kappa shape index (κ1) is 50.6. The lowest BCUT2D eigenvalue weighted by Gasteiger charge is -2.31. The van der Waals surface area contributed by atoms with Gasteiger partial charge in [-0.15, -0.1) is 0 Å². The molecule has 1 fully saturated rings. The number of amides is 8. The van der Waals surface area contributed by atoms with Gasteiger partial charge in [0.25, 0.3) is 17.4 Å². The first-order valence-corrected chi connectivity index (χ1v) is 25.2. The van der Waals surface area contributed by atoms with Gasteiger partial charge in [0.15, 0.2) is 17.1 Å². The molecule has 77 heavy (non-hydrogen) atoms. The Bertz CT molecular complexity index is 3240. The fraction of sp³-hybridized carbons (Fsp3) is 0.415. The Labute approximate surface area is 442 Å². The van der Waals surface area contributed by atoms with Crippen LogP contribution >= 0.6 is 0 Å². The summed E-state index contributed by atoms with van der Waals surface area (Å²) in [7, 11) is 0. The van der Waals surface area contributed by atoms with Crippen molar-refractivity contribution in [1.29, 1.82) is 0 Å². The van der Waals surface area contributed by atoms with Crippen molar-refractivity contribution < 1.29 is 69.9 Å². The molecule has 24 nitrogen and oxygen atoms in total. The third-order valence-electron chi connectivity index (χ3n) is 13.9. The summed E-state index contributed by atoms with van der Waals surface area (Å²) in [6, 6.07) is 12.1. The number of carbonyl (C=O) groups excluding carboxylic acids is 9. The highest BCUT2D eigenvalue weighted by molar-refractivity contribution is 6.12. The second-order valence-corrected chi connectivity index (χ2v) is 19.1. The lowest BCUT2D eigenvalue weighted by molar-refractivity contribution is -0.172. The Morgan fingerprint density at radius 1 is 0.818 bits per heavy atom. The number of hydrogen-bond acceptors (Lipinski definition) is 16. The van der Waals surface area contributed by atoms with E-state index in [1.54, 1.807) is 43.3 Å². The molecular formula is C53H57N9O15. The fourth-order valence-electron chi connectivity index (χ4n) is 9.50. The minimum absolute atomic E-state index is 0.0101. The van der Waals surface area contributed by atoms with Crippen LogP contribution in [0.25, 0.3) is 22.3 Å². The quantitative estimate of drug-likeness (QED) is 0.0183. The van der Waals surface area contributed by atoms with E-state index in [4.69, 9.17) is 26.7 Å². The third-order valence-corrected chi connectivity index (χ3v) is 13.9. The zero-order valence-electron chi connectivity index (χ0n) is 43.8. The van der Waals surface area contributed by atoms with E-state index in [1.165, 1.54) is 28.9 Å². The van der Waals surface area contributed by atoms with Crippen LogP contribution in [0.3, 0.4) is 0 Å². The maximum absolute atomic E-state index is 14.0. The first-order valence-electron chi connectivity index (χ1n) is 26.2. The van der Waals surface area contributed by atoms with Crippen LogP contribution < -0.4 is 46.9 Å². The van der Waals surface area contributed by atoms with Gasteiger partial charge in [-0.25, -0.2) is 9.78 Å². The topological polar surface area (TPSA) is 321 Å². The molecule has 0 bridgehead atoms. The van der Waals surface area contributed by atoms with Crippen LogP contribution in [0.2, 0.25) is 0 Å². The molecule has 0 saturated heterocycles. The number of cyclic esters (lactones) is 1. The third kappa shape index (κ3) is 12.0. The molecule has 0 unspecified atom stereocenters. The number of unbranched alkanes of at least 4 members (excludes halogenated alkanes) is 2. The highest BCUT2D eigenvalue weighted by atomic mass is 16.7. The van der Waals surface area contributed by atoms with Crippen molar-refractivity contribution >= 4 is 64.1 Å². The molecule has 2 aromatic carbocycles. The average molecular weight is 1060 g/mol. The molecule has 9 rings (SSSR count). The summed E-state index contributed by atoms with van der Waals surface area (Å²) in [5.41, 5.74) is 0.318. The van der Waals surface area contributed by atoms with Crippen LogP contribution in [0.15, 0.2) is 65.5 Å².